The van der Waals surface area contributed by atoms with Crippen LogP contribution in [0.5, 0.6) is 5.75 Å². The maximum absolute atomic E-state index is 10.9. The number of nitrogens with zero attached hydrogens (tertiary/aromatic N) is 1. The number of allylic oxidation sites excluding steroid dienone is 2. The first kappa shape index (κ1) is 22.7. The van der Waals surface area contributed by atoms with E-state index in [0.717, 1.165) is 59.4 Å². The van der Waals surface area contributed by atoms with Gasteiger partial charge in [0.25, 0.3) is 0 Å². The van der Waals surface area contributed by atoms with Gasteiger partial charge >= 0.3 is 5.97 Å². The topological polar surface area (TPSA) is 72.6 Å². The van der Waals surface area contributed by atoms with Crippen LogP contribution in [0.4, 0.5) is 0 Å². The molecule has 1 aromatic heterocycles. The summed E-state index contributed by atoms with van der Waals surface area (Å²) < 4.78 is 11.9. The van der Waals surface area contributed by atoms with E-state index in [-0.39, 0.29) is 12.5 Å². The van der Waals surface area contributed by atoms with E-state index in [9.17, 15) is 4.79 Å². The van der Waals surface area contributed by atoms with Crippen LogP contribution >= 0.6 is 0 Å². The van der Waals surface area contributed by atoms with Gasteiger partial charge in [0.05, 0.1) is 0 Å². The third kappa shape index (κ3) is 5.35. The third-order valence-electron chi connectivity index (χ3n) is 6.26. The second-order valence-corrected chi connectivity index (χ2v) is 8.75. The fraction of sp³-hybridized carbons (Fsp3) is 0.200. The minimum atomic E-state index is -0.986. The molecule has 0 aliphatic heterocycles. The Morgan fingerprint density at radius 3 is 2.46 bits per heavy atom. The summed E-state index contributed by atoms with van der Waals surface area (Å²) in [6.45, 7) is -0.348. The zero-order valence-corrected chi connectivity index (χ0v) is 19.4. The first-order valence-corrected chi connectivity index (χ1v) is 11.9. The maximum atomic E-state index is 10.9. The zero-order chi connectivity index (χ0) is 24.0. The number of rotatable bonds is 8. The van der Waals surface area contributed by atoms with Gasteiger partial charge in [0.15, 0.2) is 12.4 Å². The van der Waals surface area contributed by atoms with Crippen molar-refractivity contribution in [3.63, 3.8) is 0 Å². The zero-order valence-electron chi connectivity index (χ0n) is 19.4. The van der Waals surface area contributed by atoms with Crippen molar-refractivity contribution in [3.8, 4) is 28.3 Å². The minimum Gasteiger partial charge on any atom is -0.482 e. The molecule has 0 saturated carbocycles. The van der Waals surface area contributed by atoms with Gasteiger partial charge in [-0.15, -0.1) is 0 Å². The van der Waals surface area contributed by atoms with Crippen LogP contribution in [0.1, 0.15) is 30.7 Å². The number of hydrogen-bond acceptors (Lipinski definition) is 4. The quantitative estimate of drug-likeness (QED) is 0.306. The van der Waals surface area contributed by atoms with Gasteiger partial charge in [-0.2, -0.15) is 0 Å². The van der Waals surface area contributed by atoms with Crippen LogP contribution in [-0.4, -0.2) is 22.7 Å². The van der Waals surface area contributed by atoms with E-state index < -0.39 is 5.97 Å². The van der Waals surface area contributed by atoms with Crippen LogP contribution in [0.25, 0.3) is 28.2 Å². The normalized spacial score (nSPS) is 15.4. The van der Waals surface area contributed by atoms with E-state index >= 15 is 0 Å². The van der Waals surface area contributed by atoms with Crippen molar-refractivity contribution in [3.05, 3.63) is 102 Å². The van der Waals surface area contributed by atoms with Crippen LogP contribution in [0.2, 0.25) is 0 Å². The van der Waals surface area contributed by atoms with E-state index in [0.29, 0.717) is 11.6 Å². The highest BCUT2D eigenvalue weighted by Gasteiger charge is 2.26. The molecular weight excluding hydrogens is 438 g/mol. The van der Waals surface area contributed by atoms with E-state index in [4.69, 9.17) is 19.2 Å². The van der Waals surface area contributed by atoms with Gasteiger partial charge in [0.1, 0.15) is 11.4 Å². The molecule has 176 valence electrons. The molecule has 1 N–H and O–H groups in total. The lowest BCUT2D eigenvalue weighted by Gasteiger charge is -2.22. The van der Waals surface area contributed by atoms with Crippen LogP contribution in [-0.2, 0) is 11.2 Å². The molecule has 1 heterocycles. The number of carbonyl (C=O) groups is 1. The van der Waals surface area contributed by atoms with Crippen LogP contribution in [0.3, 0.4) is 0 Å². The lowest BCUT2D eigenvalue weighted by molar-refractivity contribution is -0.139. The summed E-state index contributed by atoms with van der Waals surface area (Å²) in [5.41, 5.74) is 5.11. The summed E-state index contributed by atoms with van der Waals surface area (Å²) in [4.78, 5) is 15.9. The summed E-state index contributed by atoms with van der Waals surface area (Å²) in [5.74, 6) is 1.29. The van der Waals surface area contributed by atoms with Crippen molar-refractivity contribution < 1.29 is 19.1 Å². The van der Waals surface area contributed by atoms with Gasteiger partial charge < -0.3 is 14.3 Å². The number of oxazole rings is 1. The lowest BCUT2D eigenvalue weighted by atomic mass is 9.83. The maximum Gasteiger partial charge on any atom is 0.341 e. The fourth-order valence-corrected chi connectivity index (χ4v) is 4.63. The second-order valence-electron chi connectivity index (χ2n) is 8.75. The Hall–Kier alpha value is -4.12. The summed E-state index contributed by atoms with van der Waals surface area (Å²) >= 11 is 0. The van der Waals surface area contributed by atoms with Crippen LogP contribution < -0.4 is 4.74 Å². The Morgan fingerprint density at radius 2 is 1.71 bits per heavy atom. The van der Waals surface area contributed by atoms with Gasteiger partial charge in [-0.1, -0.05) is 78.9 Å². The molecule has 0 bridgehead atoms. The van der Waals surface area contributed by atoms with Gasteiger partial charge in [0, 0.05) is 16.7 Å². The predicted octanol–water partition coefficient (Wildman–Crippen LogP) is 6.90. The molecule has 0 fully saturated rings. The number of aliphatic carboxylic acids is 1. The van der Waals surface area contributed by atoms with Crippen molar-refractivity contribution >= 4 is 11.5 Å². The molecule has 5 rings (SSSR count). The Kier molecular flexibility index (Phi) is 6.75. The van der Waals surface area contributed by atoms with E-state index in [1.807, 2.05) is 60.7 Å². The fourth-order valence-electron chi connectivity index (χ4n) is 4.63. The Morgan fingerprint density at radius 1 is 0.971 bits per heavy atom. The molecule has 1 aliphatic carbocycles. The molecule has 0 unspecified atom stereocenters. The van der Waals surface area contributed by atoms with Crippen molar-refractivity contribution in [1.29, 1.82) is 0 Å². The molecule has 5 nitrogen and oxygen atoms in total. The molecule has 1 atom stereocenters. The number of carboxylic acids is 1. The van der Waals surface area contributed by atoms with Crippen molar-refractivity contribution in [2.75, 3.05) is 6.61 Å². The molecular formula is C30H27NO4. The highest BCUT2D eigenvalue weighted by molar-refractivity contribution is 5.79. The minimum absolute atomic E-state index is 0.254. The first-order chi connectivity index (χ1) is 17.2. The Labute approximate surface area is 204 Å². The third-order valence-corrected chi connectivity index (χ3v) is 6.26. The summed E-state index contributed by atoms with van der Waals surface area (Å²) in [7, 11) is 0. The smallest absolute Gasteiger partial charge is 0.341 e. The van der Waals surface area contributed by atoms with Crippen LogP contribution in [0.15, 0.2) is 95.4 Å². The molecule has 0 saturated heterocycles. The largest absolute Gasteiger partial charge is 0.482 e. The summed E-state index contributed by atoms with van der Waals surface area (Å²) in [6, 6.07) is 27.9. The second kappa shape index (κ2) is 10.4. The van der Waals surface area contributed by atoms with Gasteiger partial charge in [-0.25, -0.2) is 9.78 Å². The molecule has 4 aromatic rings. The van der Waals surface area contributed by atoms with E-state index in [2.05, 4.69) is 24.3 Å². The van der Waals surface area contributed by atoms with Crippen LogP contribution in [0, 0.1) is 5.92 Å². The molecule has 0 amide bonds. The summed E-state index contributed by atoms with van der Waals surface area (Å²) in [6.07, 6.45) is 6.21. The van der Waals surface area contributed by atoms with Crippen molar-refractivity contribution in [1.82, 2.24) is 4.98 Å². The highest BCUT2D eigenvalue weighted by Crippen LogP contribution is 2.40. The first-order valence-electron chi connectivity index (χ1n) is 11.9. The van der Waals surface area contributed by atoms with Gasteiger partial charge in [-0.3, -0.25) is 0 Å². The predicted molar refractivity (Wildman–Crippen MR) is 136 cm³/mol. The Balaban J connectivity index is 1.47. The van der Waals surface area contributed by atoms with Crippen molar-refractivity contribution in [2.24, 2.45) is 5.92 Å². The van der Waals surface area contributed by atoms with Gasteiger partial charge in [-0.05, 0) is 49.3 Å². The SMILES string of the molecule is O=C(O)COc1cccc(C[C@H]2CCCC=C2c2nc(-c3ccccc3)c(-c3ccccc3)o2)c1. The number of ether oxygens (including phenoxy) is 1. The number of benzene rings is 3. The van der Waals surface area contributed by atoms with Gasteiger partial charge in [0.2, 0.25) is 5.89 Å². The summed E-state index contributed by atoms with van der Waals surface area (Å²) in [5, 5.41) is 8.91. The Bertz CT molecular complexity index is 1270. The number of hydrogen-bond donors (Lipinski definition) is 1. The molecule has 35 heavy (non-hydrogen) atoms. The molecule has 1 aliphatic rings. The average Bonchev–Trinajstić information content (AvgIpc) is 3.34. The lowest BCUT2D eigenvalue weighted by Crippen LogP contribution is -2.12. The molecule has 3 aromatic carbocycles. The standard InChI is InChI=1S/C30H27NO4/c32-27(33)20-34-25-16-9-10-21(19-25)18-24-15-7-8-17-26(24)30-31-28(22-11-3-1-4-12-22)29(35-30)23-13-5-2-6-14-23/h1-6,9-14,16-17,19,24H,7-8,15,18,20H2,(H,32,33)/t24-/m1/s1. The van der Waals surface area contributed by atoms with Crippen molar-refractivity contribution in [2.45, 2.75) is 25.7 Å². The van der Waals surface area contributed by atoms with E-state index in [1.165, 1.54) is 0 Å². The van der Waals surface area contributed by atoms with E-state index in [1.54, 1.807) is 6.07 Å². The number of aromatic nitrogens is 1. The number of carboxylic acid groups (broad SMARTS) is 1. The highest BCUT2D eigenvalue weighted by atomic mass is 16.5. The molecule has 0 radical (unpaired) electrons. The molecule has 0 spiro atoms. The monoisotopic (exact) mass is 465 g/mol. The molecule has 5 heteroatoms. The average molecular weight is 466 g/mol.